The number of guanidine groups is 1. The zero-order valence-corrected chi connectivity index (χ0v) is 16.4. The molecule has 2 aromatic carbocycles. The van der Waals surface area contributed by atoms with E-state index in [0.717, 1.165) is 31.2 Å². The lowest BCUT2D eigenvalue weighted by Crippen LogP contribution is -2.41. The lowest BCUT2D eigenvalue weighted by Gasteiger charge is -2.15. The quantitative estimate of drug-likeness (QED) is 0.439. The second-order valence-electron chi connectivity index (χ2n) is 5.85. The standard InChI is InChI=1S/C19H23N3O.HI/c1-14-6-5-7-15(10-14)12-21-19(20-2)22-13-17-11-16-8-3-4-9-18(16)23-17;/h3-10,17H,11-13H2,1-2H3,(H2,20,21,22);1H. The number of para-hydroxylation sites is 1. The number of hydrogen-bond acceptors (Lipinski definition) is 2. The van der Waals surface area contributed by atoms with E-state index in [1.165, 1.54) is 16.7 Å². The molecule has 0 saturated heterocycles. The van der Waals surface area contributed by atoms with Gasteiger partial charge in [-0.05, 0) is 24.1 Å². The van der Waals surface area contributed by atoms with E-state index in [1.54, 1.807) is 7.05 Å². The molecular formula is C19H24IN3O. The Labute approximate surface area is 160 Å². The first-order valence-electron chi connectivity index (χ1n) is 7.99. The van der Waals surface area contributed by atoms with Crippen molar-refractivity contribution in [2.45, 2.75) is 26.0 Å². The second kappa shape index (κ2) is 8.92. The summed E-state index contributed by atoms with van der Waals surface area (Å²) < 4.78 is 5.94. The summed E-state index contributed by atoms with van der Waals surface area (Å²) in [5, 5.41) is 6.69. The van der Waals surface area contributed by atoms with Gasteiger partial charge in [0.15, 0.2) is 5.96 Å². The first kappa shape index (κ1) is 18.6. The highest BCUT2D eigenvalue weighted by Gasteiger charge is 2.22. The molecule has 0 aliphatic carbocycles. The van der Waals surface area contributed by atoms with Crippen molar-refractivity contribution in [1.29, 1.82) is 0 Å². The number of nitrogens with one attached hydrogen (secondary N) is 2. The molecule has 1 aliphatic rings. The zero-order chi connectivity index (χ0) is 16.1. The van der Waals surface area contributed by atoms with Gasteiger partial charge in [0.2, 0.25) is 0 Å². The largest absolute Gasteiger partial charge is 0.488 e. The molecule has 0 radical (unpaired) electrons. The topological polar surface area (TPSA) is 45.7 Å². The van der Waals surface area contributed by atoms with Crippen molar-refractivity contribution in [3.05, 3.63) is 65.2 Å². The maximum Gasteiger partial charge on any atom is 0.191 e. The molecule has 1 aliphatic heterocycles. The minimum atomic E-state index is 0. The smallest absolute Gasteiger partial charge is 0.191 e. The molecule has 4 nitrogen and oxygen atoms in total. The number of rotatable bonds is 4. The highest BCUT2D eigenvalue weighted by atomic mass is 127. The van der Waals surface area contributed by atoms with Crippen LogP contribution in [0.15, 0.2) is 53.5 Å². The Kier molecular flexibility index (Phi) is 6.90. The van der Waals surface area contributed by atoms with Crippen LogP contribution in [0.1, 0.15) is 16.7 Å². The summed E-state index contributed by atoms with van der Waals surface area (Å²) in [6, 6.07) is 16.7. The molecule has 3 rings (SSSR count). The van der Waals surface area contributed by atoms with Crippen molar-refractivity contribution in [1.82, 2.24) is 10.6 Å². The molecule has 2 N–H and O–H groups in total. The van der Waals surface area contributed by atoms with Crippen molar-refractivity contribution in [3.8, 4) is 5.75 Å². The average Bonchev–Trinajstić information content (AvgIpc) is 2.98. The predicted octanol–water partition coefficient (Wildman–Crippen LogP) is 3.28. The van der Waals surface area contributed by atoms with E-state index in [9.17, 15) is 0 Å². The highest BCUT2D eigenvalue weighted by Crippen LogP contribution is 2.27. The number of hydrogen-bond donors (Lipinski definition) is 2. The molecule has 0 amide bonds. The summed E-state index contributed by atoms with van der Waals surface area (Å²) in [6.07, 6.45) is 1.10. The fourth-order valence-corrected chi connectivity index (χ4v) is 2.81. The Hall–Kier alpha value is -1.76. The molecule has 1 atom stereocenters. The summed E-state index contributed by atoms with van der Waals surface area (Å²) >= 11 is 0. The second-order valence-corrected chi connectivity index (χ2v) is 5.85. The minimum absolute atomic E-state index is 0. The van der Waals surface area contributed by atoms with E-state index >= 15 is 0 Å². The SMILES string of the molecule is CN=C(NCc1cccc(C)c1)NCC1Cc2ccccc2O1.I. The van der Waals surface area contributed by atoms with Crippen molar-refractivity contribution < 1.29 is 4.74 Å². The Bertz CT molecular complexity index is 678. The van der Waals surface area contributed by atoms with Crippen LogP contribution in [0.5, 0.6) is 5.75 Å². The summed E-state index contributed by atoms with van der Waals surface area (Å²) in [5.41, 5.74) is 3.80. The number of benzene rings is 2. The van der Waals surface area contributed by atoms with Gasteiger partial charge in [0.25, 0.3) is 0 Å². The van der Waals surface area contributed by atoms with Crippen molar-refractivity contribution in [2.24, 2.45) is 4.99 Å². The maximum absolute atomic E-state index is 5.94. The molecular weight excluding hydrogens is 413 g/mol. The first-order valence-corrected chi connectivity index (χ1v) is 7.99. The summed E-state index contributed by atoms with van der Waals surface area (Å²) in [5.74, 6) is 1.80. The predicted molar refractivity (Wildman–Crippen MR) is 109 cm³/mol. The van der Waals surface area contributed by atoms with Crippen molar-refractivity contribution in [2.75, 3.05) is 13.6 Å². The lowest BCUT2D eigenvalue weighted by molar-refractivity contribution is 0.235. The summed E-state index contributed by atoms with van der Waals surface area (Å²) in [4.78, 5) is 4.27. The van der Waals surface area contributed by atoms with Crippen LogP contribution in [0.4, 0.5) is 0 Å². The van der Waals surface area contributed by atoms with Gasteiger partial charge in [-0.15, -0.1) is 24.0 Å². The Morgan fingerprint density at radius 2 is 2.00 bits per heavy atom. The van der Waals surface area contributed by atoms with Crippen LogP contribution < -0.4 is 15.4 Å². The van der Waals surface area contributed by atoms with Crippen LogP contribution in [0.2, 0.25) is 0 Å². The summed E-state index contributed by atoms with van der Waals surface area (Å²) in [7, 11) is 1.79. The minimum Gasteiger partial charge on any atom is -0.488 e. The van der Waals surface area contributed by atoms with E-state index in [2.05, 4.69) is 58.9 Å². The van der Waals surface area contributed by atoms with E-state index in [4.69, 9.17) is 4.74 Å². The number of fused-ring (bicyclic) bond motifs is 1. The van der Waals surface area contributed by atoms with Gasteiger partial charge < -0.3 is 15.4 Å². The van der Waals surface area contributed by atoms with Crippen LogP contribution in [0, 0.1) is 6.92 Å². The molecule has 128 valence electrons. The van der Waals surface area contributed by atoms with E-state index in [-0.39, 0.29) is 30.1 Å². The third-order valence-electron chi connectivity index (χ3n) is 3.98. The highest BCUT2D eigenvalue weighted by molar-refractivity contribution is 14.0. The van der Waals surface area contributed by atoms with E-state index < -0.39 is 0 Å². The molecule has 24 heavy (non-hydrogen) atoms. The number of halogens is 1. The van der Waals surface area contributed by atoms with Gasteiger partial charge in [0.1, 0.15) is 11.9 Å². The third-order valence-corrected chi connectivity index (χ3v) is 3.98. The van der Waals surface area contributed by atoms with Gasteiger partial charge in [-0.1, -0.05) is 48.0 Å². The molecule has 0 fully saturated rings. The normalized spacial score (nSPS) is 15.9. The molecule has 5 heteroatoms. The molecule has 0 spiro atoms. The lowest BCUT2D eigenvalue weighted by atomic mass is 10.1. The molecule has 0 bridgehead atoms. The average molecular weight is 437 g/mol. The monoisotopic (exact) mass is 437 g/mol. The first-order chi connectivity index (χ1) is 11.2. The Morgan fingerprint density at radius 3 is 2.75 bits per heavy atom. The van der Waals surface area contributed by atoms with Gasteiger partial charge in [0, 0.05) is 20.0 Å². The Balaban J connectivity index is 0.00000208. The number of aryl methyl sites for hydroxylation is 1. The molecule has 1 heterocycles. The number of aliphatic imine (C=N–C) groups is 1. The van der Waals surface area contributed by atoms with Gasteiger partial charge in [-0.25, -0.2) is 0 Å². The third kappa shape index (κ3) is 4.87. The van der Waals surface area contributed by atoms with Crippen LogP contribution in [-0.4, -0.2) is 25.7 Å². The molecule has 1 unspecified atom stereocenters. The number of ether oxygens (including phenoxy) is 1. The van der Waals surface area contributed by atoms with Gasteiger partial charge in [-0.2, -0.15) is 0 Å². The van der Waals surface area contributed by atoms with Crippen molar-refractivity contribution >= 4 is 29.9 Å². The summed E-state index contributed by atoms with van der Waals surface area (Å²) in [6.45, 7) is 3.60. The zero-order valence-electron chi connectivity index (χ0n) is 14.1. The molecule has 0 aromatic heterocycles. The van der Waals surface area contributed by atoms with Gasteiger partial charge in [-0.3, -0.25) is 4.99 Å². The van der Waals surface area contributed by atoms with Gasteiger partial charge in [0.05, 0.1) is 6.54 Å². The van der Waals surface area contributed by atoms with E-state index in [1.807, 2.05) is 12.1 Å². The van der Waals surface area contributed by atoms with E-state index in [0.29, 0.717) is 0 Å². The van der Waals surface area contributed by atoms with Crippen LogP contribution in [-0.2, 0) is 13.0 Å². The van der Waals surface area contributed by atoms with Crippen LogP contribution in [0.3, 0.4) is 0 Å². The van der Waals surface area contributed by atoms with Crippen molar-refractivity contribution in [3.63, 3.8) is 0 Å². The molecule has 0 saturated carbocycles. The number of nitrogens with zero attached hydrogens (tertiary/aromatic N) is 1. The fraction of sp³-hybridized carbons (Fsp3) is 0.316. The van der Waals surface area contributed by atoms with Crippen LogP contribution >= 0.6 is 24.0 Å². The fourth-order valence-electron chi connectivity index (χ4n) is 2.81. The maximum atomic E-state index is 5.94. The molecule has 2 aromatic rings. The van der Waals surface area contributed by atoms with Gasteiger partial charge >= 0.3 is 0 Å². The Morgan fingerprint density at radius 1 is 1.17 bits per heavy atom. The van der Waals surface area contributed by atoms with Crippen LogP contribution in [0.25, 0.3) is 0 Å².